The number of hydrogen-bond acceptors (Lipinski definition) is 5. The lowest BCUT2D eigenvalue weighted by Crippen LogP contribution is -2.50. The minimum atomic E-state index is -2.23. The summed E-state index contributed by atoms with van der Waals surface area (Å²) >= 11 is 6.14. The van der Waals surface area contributed by atoms with Crippen molar-refractivity contribution in [3.63, 3.8) is 0 Å². The van der Waals surface area contributed by atoms with Crippen LogP contribution in [-0.2, 0) is 11.3 Å². The highest BCUT2D eigenvalue weighted by atomic mass is 35.5. The van der Waals surface area contributed by atoms with E-state index >= 15 is 0 Å². The Hall–Kier alpha value is -3.62. The van der Waals surface area contributed by atoms with E-state index < -0.39 is 20.5 Å². The van der Waals surface area contributed by atoms with E-state index in [4.69, 9.17) is 25.7 Å². The van der Waals surface area contributed by atoms with Crippen molar-refractivity contribution in [2.75, 3.05) is 0 Å². The molecule has 0 aliphatic heterocycles. The van der Waals surface area contributed by atoms with E-state index in [1.807, 2.05) is 42.5 Å². The number of rotatable bonds is 10. The number of halogens is 1. The fourth-order valence-electron chi connectivity index (χ4n) is 5.94. The first kappa shape index (κ1) is 31.3. The van der Waals surface area contributed by atoms with Gasteiger partial charge in [-0.05, 0) is 65.5 Å². The molecule has 0 saturated heterocycles. The third-order valence-corrected chi connectivity index (χ3v) is 14.1. The van der Waals surface area contributed by atoms with Crippen molar-refractivity contribution in [3.05, 3.63) is 99.6 Å². The van der Waals surface area contributed by atoms with Crippen molar-refractivity contribution in [1.29, 1.82) is 0 Å². The van der Waals surface area contributed by atoms with Crippen LogP contribution < -0.4 is 15.3 Å². The molecular weight excluding hydrogens is 566 g/mol. The largest absolute Gasteiger partial charge is 0.543 e. The fraction of sp³-hybridized carbons (Fsp3) is 0.364. The molecular formula is C33H40ClN3O4Si. The van der Waals surface area contributed by atoms with Crippen molar-refractivity contribution in [1.82, 2.24) is 14.9 Å². The van der Waals surface area contributed by atoms with E-state index in [1.54, 1.807) is 37.3 Å². The molecule has 42 heavy (non-hydrogen) atoms. The van der Waals surface area contributed by atoms with Gasteiger partial charge in [0.1, 0.15) is 18.2 Å². The predicted molar refractivity (Wildman–Crippen MR) is 172 cm³/mol. The molecule has 0 spiro atoms. The smallest absolute Gasteiger partial charge is 0.408 e. The highest BCUT2D eigenvalue weighted by Crippen LogP contribution is 2.43. The van der Waals surface area contributed by atoms with Gasteiger partial charge in [0, 0.05) is 11.1 Å². The standard InChI is InChI=1S/C33H40ClN3O4Si/c1-21(2)42(22(3)4,23(5)6)41-28-17-18-29-30(19-28)36-31(37(32(29)38)27-15-13-26(34)14-16-27)24(7)35-33(39)40-20-25-11-9-8-10-12-25/h8-19,21-24H,20H2,1-7H3,(H,35,39)/t24-/m1/s1. The number of carbonyl (C=O) groups excluding carboxylic acids is 1. The third kappa shape index (κ3) is 6.55. The summed E-state index contributed by atoms with van der Waals surface area (Å²) in [7, 11) is -2.23. The quantitative estimate of drug-likeness (QED) is 0.183. The number of hydrogen-bond donors (Lipinski definition) is 1. The van der Waals surface area contributed by atoms with E-state index in [2.05, 4.69) is 46.9 Å². The van der Waals surface area contributed by atoms with Gasteiger partial charge < -0.3 is 14.5 Å². The maximum Gasteiger partial charge on any atom is 0.408 e. The molecule has 1 amide bonds. The zero-order chi connectivity index (χ0) is 30.6. The lowest BCUT2D eigenvalue weighted by atomic mass is 10.2. The first-order valence-corrected chi connectivity index (χ1v) is 16.9. The van der Waals surface area contributed by atoms with E-state index in [1.165, 1.54) is 4.57 Å². The fourth-order valence-corrected chi connectivity index (χ4v) is 11.3. The molecule has 1 aromatic heterocycles. The maximum atomic E-state index is 14.0. The van der Waals surface area contributed by atoms with E-state index in [9.17, 15) is 9.59 Å². The van der Waals surface area contributed by atoms with Crippen molar-refractivity contribution in [2.45, 2.75) is 77.7 Å². The van der Waals surface area contributed by atoms with Gasteiger partial charge in [-0.1, -0.05) is 83.5 Å². The van der Waals surface area contributed by atoms with Crippen molar-refractivity contribution >= 4 is 36.9 Å². The molecule has 4 aromatic rings. The van der Waals surface area contributed by atoms with Crippen LogP contribution in [0.25, 0.3) is 16.6 Å². The van der Waals surface area contributed by atoms with Gasteiger partial charge >= 0.3 is 6.09 Å². The Morgan fingerprint density at radius 2 is 1.52 bits per heavy atom. The van der Waals surface area contributed by atoms with Gasteiger partial charge in [0.15, 0.2) is 0 Å². The summed E-state index contributed by atoms with van der Waals surface area (Å²) in [6, 6.07) is 21.2. The van der Waals surface area contributed by atoms with Gasteiger partial charge in [-0.3, -0.25) is 9.36 Å². The molecule has 7 nitrogen and oxygen atoms in total. The van der Waals surface area contributed by atoms with Crippen molar-refractivity contribution in [2.24, 2.45) is 0 Å². The summed E-state index contributed by atoms with van der Waals surface area (Å²) in [5.74, 6) is 1.07. The molecule has 0 saturated carbocycles. The topological polar surface area (TPSA) is 82.5 Å². The normalized spacial score (nSPS) is 12.6. The van der Waals surface area contributed by atoms with Gasteiger partial charge in [-0.15, -0.1) is 0 Å². The number of aromatic nitrogens is 2. The molecule has 0 radical (unpaired) electrons. The van der Waals surface area contributed by atoms with Gasteiger partial charge in [-0.2, -0.15) is 0 Å². The maximum absolute atomic E-state index is 14.0. The number of ether oxygens (including phenoxy) is 1. The number of benzene rings is 3. The molecule has 1 atom stereocenters. The zero-order valence-corrected chi connectivity index (χ0v) is 27.1. The Bertz CT molecular complexity index is 1570. The highest BCUT2D eigenvalue weighted by molar-refractivity contribution is 6.78. The summed E-state index contributed by atoms with van der Waals surface area (Å²) < 4.78 is 13.8. The van der Waals surface area contributed by atoms with Crippen LogP contribution in [-0.4, -0.2) is 24.0 Å². The Balaban J connectivity index is 1.76. The summed E-state index contributed by atoms with van der Waals surface area (Å²) in [4.78, 5) is 31.7. The van der Waals surface area contributed by atoms with Crippen LogP contribution in [0.15, 0.2) is 77.6 Å². The number of amides is 1. The molecule has 0 fully saturated rings. The monoisotopic (exact) mass is 605 g/mol. The Morgan fingerprint density at radius 3 is 2.12 bits per heavy atom. The van der Waals surface area contributed by atoms with Crippen LogP contribution in [0.2, 0.25) is 21.6 Å². The second-order valence-electron chi connectivity index (χ2n) is 11.6. The van der Waals surface area contributed by atoms with E-state index in [0.29, 0.717) is 49.8 Å². The molecule has 222 valence electrons. The molecule has 1 heterocycles. The Morgan fingerprint density at radius 1 is 0.905 bits per heavy atom. The molecule has 4 rings (SSSR count). The summed E-state index contributed by atoms with van der Waals surface area (Å²) in [6.07, 6.45) is -0.609. The zero-order valence-electron chi connectivity index (χ0n) is 25.4. The minimum Gasteiger partial charge on any atom is -0.543 e. The number of fused-ring (bicyclic) bond motifs is 1. The number of carbonyl (C=O) groups is 1. The van der Waals surface area contributed by atoms with Crippen LogP contribution in [0.5, 0.6) is 5.75 Å². The molecule has 0 aliphatic carbocycles. The van der Waals surface area contributed by atoms with E-state index in [-0.39, 0.29) is 12.2 Å². The lowest BCUT2D eigenvalue weighted by molar-refractivity contribution is 0.136. The van der Waals surface area contributed by atoms with Crippen LogP contribution in [0.4, 0.5) is 4.79 Å². The number of alkyl carbamates (subject to hydrolysis) is 1. The molecule has 9 heteroatoms. The van der Waals surface area contributed by atoms with Gasteiger partial charge in [0.25, 0.3) is 13.9 Å². The SMILES string of the molecule is CC(C)[Si](Oc1ccc2c(=O)n(-c3ccc(Cl)cc3)c([C@@H](C)NC(=O)OCc3ccccc3)nc2c1)(C(C)C)C(C)C. The number of nitrogens with one attached hydrogen (secondary N) is 1. The second-order valence-corrected chi connectivity index (χ2v) is 17.4. The number of nitrogens with zero attached hydrogens (tertiary/aromatic N) is 2. The van der Waals surface area contributed by atoms with Crippen LogP contribution in [0, 0.1) is 0 Å². The third-order valence-electron chi connectivity index (χ3n) is 7.89. The van der Waals surface area contributed by atoms with Crippen LogP contribution in [0.3, 0.4) is 0 Å². The molecule has 3 aromatic carbocycles. The average molecular weight is 606 g/mol. The van der Waals surface area contributed by atoms with Gasteiger partial charge in [-0.25, -0.2) is 9.78 Å². The molecule has 0 bridgehead atoms. The highest BCUT2D eigenvalue weighted by Gasteiger charge is 2.47. The second kappa shape index (κ2) is 13.1. The Labute approximate surface area is 254 Å². The van der Waals surface area contributed by atoms with Crippen molar-refractivity contribution in [3.8, 4) is 11.4 Å². The average Bonchev–Trinajstić information content (AvgIpc) is 2.95. The molecule has 1 N–H and O–H groups in total. The first-order chi connectivity index (χ1) is 19.9. The van der Waals surface area contributed by atoms with Crippen LogP contribution >= 0.6 is 11.6 Å². The summed E-state index contributed by atoms with van der Waals surface area (Å²) in [5, 5.41) is 3.84. The summed E-state index contributed by atoms with van der Waals surface area (Å²) in [5.41, 5.74) is 2.88. The lowest BCUT2D eigenvalue weighted by Gasteiger charge is -2.42. The predicted octanol–water partition coefficient (Wildman–Crippen LogP) is 8.58. The first-order valence-electron chi connectivity index (χ1n) is 14.4. The molecule has 0 aliphatic rings. The molecule has 0 unspecified atom stereocenters. The minimum absolute atomic E-state index is 0.127. The van der Waals surface area contributed by atoms with Crippen LogP contribution in [0.1, 0.15) is 65.9 Å². The van der Waals surface area contributed by atoms with E-state index in [0.717, 1.165) is 5.56 Å². The van der Waals surface area contributed by atoms with Crippen molar-refractivity contribution < 1.29 is 14.0 Å². The Kier molecular flexibility index (Phi) is 9.79. The van der Waals surface area contributed by atoms with Gasteiger partial charge in [0.2, 0.25) is 0 Å². The summed E-state index contributed by atoms with van der Waals surface area (Å²) in [6.45, 7) is 15.3. The van der Waals surface area contributed by atoms with Gasteiger partial charge in [0.05, 0.1) is 22.6 Å².